The molecule has 0 amide bonds. The Hall–Kier alpha value is -18.7. The molecule has 5 heteroatoms. The van der Waals surface area contributed by atoms with Gasteiger partial charge in [-0.3, -0.25) is 0 Å². The molecule has 0 N–H and O–H groups in total. The van der Waals surface area contributed by atoms with E-state index >= 15 is 0 Å². The molecule has 0 saturated heterocycles. The minimum absolute atomic E-state index is 0.885. The molecule has 5 heterocycles. The summed E-state index contributed by atoms with van der Waals surface area (Å²) in [6, 6.07) is 179. The SMILES string of the molecule is c1ccc(-c2c3ccccc3c(-c3ccc(-n4c5ccc(-c6cccc7c6oc6c(-c8ccc9c(c8)CCCC9)cccc67)cc5c5cc(-c6cccc7c6oc6c(-c8ccc9c(c8)CCCC9)cccc67)ccc54)cc3)c3ccccc23)cc1.c1ccc(-c2ccc3oc4c(-c5ccc6c(c5)c5ccccc5n6-c5ccc(-c6c7ccccc7c(-c7ccccc7)c7ccccc67)cc5)cc(-c5ccccc5)cc4c3c2)cc1. The second-order valence-corrected chi connectivity index (χ2v) is 40.7. The molecule has 0 saturated carbocycles. The smallest absolute Gasteiger partial charge is 0.143 e. The van der Waals surface area contributed by atoms with Crippen molar-refractivity contribution in [3.63, 3.8) is 0 Å². The van der Waals surface area contributed by atoms with Gasteiger partial charge in [0.15, 0.2) is 0 Å². The fourth-order valence-electron chi connectivity index (χ4n) is 25.4. The summed E-state index contributed by atoms with van der Waals surface area (Å²) in [7, 11) is 0. The van der Waals surface area contributed by atoms with Crippen molar-refractivity contribution in [2.45, 2.75) is 51.4 Å². The van der Waals surface area contributed by atoms with E-state index in [2.05, 4.69) is 494 Å². The summed E-state index contributed by atoms with van der Waals surface area (Å²) >= 11 is 0. The summed E-state index contributed by atoms with van der Waals surface area (Å²) in [4.78, 5) is 0. The number of aryl methyl sites for hydroxylation is 4. The predicted octanol–water partition coefficient (Wildman–Crippen LogP) is 40.0. The molecule has 149 heavy (non-hydrogen) atoms. The van der Waals surface area contributed by atoms with E-state index in [1.807, 2.05) is 0 Å². The number of nitrogens with zero attached hydrogens (tertiary/aromatic N) is 2. The number of fused-ring (bicyclic) bond motifs is 21. The Morgan fingerprint density at radius 2 is 0.409 bits per heavy atom. The average molecular weight is 1900 g/mol. The second kappa shape index (κ2) is 35.1. The van der Waals surface area contributed by atoms with Gasteiger partial charge in [-0.1, -0.05) is 394 Å². The quantitative estimate of drug-likeness (QED) is 0.108. The van der Waals surface area contributed by atoms with Gasteiger partial charge in [0.05, 0.1) is 22.1 Å². The second-order valence-electron chi connectivity index (χ2n) is 40.7. The molecule has 0 aliphatic heterocycles. The highest BCUT2D eigenvalue weighted by atomic mass is 16.3. The van der Waals surface area contributed by atoms with Crippen molar-refractivity contribution in [2.24, 2.45) is 0 Å². The average Bonchev–Trinajstić information content (AvgIpc) is 1.33. The molecule has 700 valence electrons. The third-order valence-electron chi connectivity index (χ3n) is 32.3. The fourth-order valence-corrected chi connectivity index (χ4v) is 25.4. The normalized spacial score (nSPS) is 12.8. The van der Waals surface area contributed by atoms with Gasteiger partial charge in [0.2, 0.25) is 0 Å². The molecule has 2 aliphatic rings. The van der Waals surface area contributed by atoms with Crippen molar-refractivity contribution in [1.82, 2.24) is 9.13 Å². The lowest BCUT2D eigenvalue weighted by Gasteiger charge is -2.18. The maximum absolute atomic E-state index is 7.16. The standard InChI is InChI=1S/C82H57NO2.C62H39NO/c1-2-18-52(19-3-1)77-65-22-8-10-24-67(65)78(68-25-11-9-23-66(68)77)53-38-42-60(43-39-53)83-75-44-40-58(63-28-14-32-71-69-30-12-26-61(79(69)84-81(63)71)56-36-34-50-16-4-6-20-54(50)46-56)48-73(75)74-49-59(41-45-76(74)83)64-29-15-33-72-70-31-13-27-62(80(70)85-82(64)72)57-37-35-51-17-5-7-21-55(51)47-57;1-4-16-40(17-5-1)44-31-35-59-55(36-44)56-39-46(41-18-6-2-7-19-41)38-53(62(56)64-59)45-30-34-58-54(37-45)48-22-14-15-27-57(48)63(58)47-32-28-43(29-33-47)61-51-25-12-10-23-49(51)60(42-20-8-3-9-21-42)50-24-11-13-26-52(50)61/h1-3,8-15,18-19,22-49H,4-7,16-17,20-21H2;1-39H. The molecule has 5 nitrogen and oxygen atoms in total. The van der Waals surface area contributed by atoms with E-state index in [-0.39, 0.29) is 0 Å². The molecule has 5 aromatic heterocycles. The van der Waals surface area contributed by atoms with E-state index in [4.69, 9.17) is 13.3 Å². The summed E-state index contributed by atoms with van der Waals surface area (Å²) in [5, 5.41) is 21.5. The zero-order valence-corrected chi connectivity index (χ0v) is 82.0. The zero-order valence-electron chi connectivity index (χ0n) is 82.0. The lowest BCUT2D eigenvalue weighted by Crippen LogP contribution is -2.02. The molecule has 0 spiro atoms. The van der Waals surface area contributed by atoms with Gasteiger partial charge in [0.25, 0.3) is 0 Å². The first-order chi connectivity index (χ1) is 73.9. The van der Waals surface area contributed by atoms with Crippen molar-refractivity contribution in [3.8, 4) is 134 Å². The molecule has 0 fully saturated rings. The molecular weight excluding hydrogens is 1810 g/mol. The van der Waals surface area contributed by atoms with Gasteiger partial charge in [-0.05, 0) is 302 Å². The van der Waals surface area contributed by atoms with Gasteiger partial charge in [0.1, 0.15) is 33.5 Å². The number of hydrogen-bond donors (Lipinski definition) is 0. The highest BCUT2D eigenvalue weighted by molar-refractivity contribution is 6.25. The van der Waals surface area contributed by atoms with Crippen LogP contribution in [0, 0.1) is 0 Å². The Balaban J connectivity index is 0.000000143. The van der Waals surface area contributed by atoms with Crippen LogP contribution in [0.4, 0.5) is 0 Å². The van der Waals surface area contributed by atoms with Gasteiger partial charge in [-0.25, -0.2) is 0 Å². The molecule has 2 aliphatic carbocycles. The summed E-state index contributed by atoms with van der Waals surface area (Å²) < 4.78 is 26.0. The lowest BCUT2D eigenvalue weighted by molar-refractivity contribution is 0.670. The van der Waals surface area contributed by atoms with Crippen LogP contribution in [0.5, 0.6) is 0 Å². The number of para-hydroxylation sites is 5. The van der Waals surface area contributed by atoms with Gasteiger partial charge in [-0.2, -0.15) is 0 Å². The molecular formula is C144H96N2O3. The Kier molecular flexibility index (Phi) is 20.2. The van der Waals surface area contributed by atoms with Gasteiger partial charge >= 0.3 is 0 Å². The largest absolute Gasteiger partial charge is 0.455 e. The van der Waals surface area contributed by atoms with Crippen molar-refractivity contribution < 1.29 is 13.3 Å². The summed E-state index contributed by atoms with van der Waals surface area (Å²) in [6.45, 7) is 0. The highest BCUT2D eigenvalue weighted by Crippen LogP contribution is 2.52. The monoisotopic (exact) mass is 1900 g/mol. The third-order valence-corrected chi connectivity index (χ3v) is 32.3. The lowest BCUT2D eigenvalue weighted by atomic mass is 9.86. The Morgan fingerprint density at radius 3 is 0.799 bits per heavy atom. The topological polar surface area (TPSA) is 49.3 Å². The van der Waals surface area contributed by atoms with Crippen molar-refractivity contribution in [1.29, 1.82) is 0 Å². The number of aromatic nitrogens is 2. The molecule has 0 unspecified atom stereocenters. The predicted molar refractivity (Wildman–Crippen MR) is 627 cm³/mol. The third kappa shape index (κ3) is 14.2. The van der Waals surface area contributed by atoms with Gasteiger partial charge in [0, 0.05) is 93.1 Å². The molecule has 29 aromatic rings. The van der Waals surface area contributed by atoms with E-state index in [0.29, 0.717) is 0 Å². The van der Waals surface area contributed by atoms with Crippen molar-refractivity contribution >= 4 is 153 Å². The Morgan fingerprint density at radius 1 is 0.141 bits per heavy atom. The maximum Gasteiger partial charge on any atom is 0.143 e. The Labute approximate surface area is 861 Å². The van der Waals surface area contributed by atoms with Crippen LogP contribution in [0.3, 0.4) is 0 Å². The first-order valence-corrected chi connectivity index (χ1v) is 52.5. The van der Waals surface area contributed by atoms with Crippen LogP contribution in [0.1, 0.15) is 47.9 Å². The van der Waals surface area contributed by atoms with Crippen LogP contribution in [-0.2, 0) is 25.7 Å². The highest BCUT2D eigenvalue weighted by Gasteiger charge is 2.28. The molecule has 0 bridgehead atoms. The minimum Gasteiger partial charge on any atom is -0.455 e. The molecule has 0 atom stereocenters. The summed E-state index contributed by atoms with van der Waals surface area (Å²) in [5.41, 5.74) is 44.1. The maximum atomic E-state index is 7.16. The van der Waals surface area contributed by atoms with Gasteiger partial charge < -0.3 is 22.4 Å². The minimum atomic E-state index is 0.885. The molecule has 0 radical (unpaired) electrons. The molecule has 24 aromatic carbocycles. The Bertz CT molecular complexity index is 10200. The van der Waals surface area contributed by atoms with Crippen molar-refractivity contribution in [3.05, 3.63) is 508 Å². The number of benzene rings is 24. The van der Waals surface area contributed by atoms with Gasteiger partial charge in [-0.15, -0.1) is 0 Å². The van der Waals surface area contributed by atoms with E-state index in [0.717, 1.165) is 157 Å². The number of hydrogen-bond acceptors (Lipinski definition) is 3. The van der Waals surface area contributed by atoms with Crippen LogP contribution in [0.15, 0.2) is 499 Å². The van der Waals surface area contributed by atoms with Crippen LogP contribution >= 0.6 is 0 Å². The van der Waals surface area contributed by atoms with E-state index < -0.39 is 0 Å². The summed E-state index contributed by atoms with van der Waals surface area (Å²) in [5.74, 6) is 0. The van der Waals surface area contributed by atoms with Crippen LogP contribution in [0.2, 0.25) is 0 Å². The summed E-state index contributed by atoms with van der Waals surface area (Å²) in [6.07, 6.45) is 9.65. The van der Waals surface area contributed by atoms with E-state index in [9.17, 15) is 0 Å². The number of furan rings is 3. The first kappa shape index (κ1) is 85.9. The van der Waals surface area contributed by atoms with Crippen LogP contribution in [0.25, 0.3) is 286 Å². The zero-order chi connectivity index (χ0) is 97.8. The molecule has 31 rings (SSSR count). The van der Waals surface area contributed by atoms with Crippen molar-refractivity contribution in [2.75, 3.05) is 0 Å². The first-order valence-electron chi connectivity index (χ1n) is 52.5. The van der Waals surface area contributed by atoms with Crippen LogP contribution in [-0.4, -0.2) is 9.13 Å². The fraction of sp³-hybridized carbons (Fsp3) is 0.0556. The van der Waals surface area contributed by atoms with E-state index in [1.165, 1.54) is 203 Å². The number of rotatable bonds is 13. The van der Waals surface area contributed by atoms with E-state index in [1.54, 1.807) is 0 Å². The van der Waals surface area contributed by atoms with Crippen LogP contribution < -0.4 is 0 Å².